The monoisotopic (exact) mass is 294 g/mol. The van der Waals surface area contributed by atoms with Crippen LogP contribution in [0.5, 0.6) is 5.75 Å². The molecule has 2 rings (SSSR count). The van der Waals surface area contributed by atoms with Gasteiger partial charge in [0.1, 0.15) is 0 Å². The average Bonchev–Trinajstić information content (AvgIpc) is 2.50. The summed E-state index contributed by atoms with van der Waals surface area (Å²) < 4.78 is 18.7. The zero-order valence-corrected chi connectivity index (χ0v) is 12.5. The van der Waals surface area contributed by atoms with E-state index in [1.165, 1.54) is 6.07 Å². The van der Waals surface area contributed by atoms with E-state index >= 15 is 0 Å². The van der Waals surface area contributed by atoms with Crippen molar-refractivity contribution in [3.8, 4) is 5.75 Å². The normalized spacial score (nSPS) is 18.6. The Morgan fingerprint density at radius 3 is 3.05 bits per heavy atom. The Morgan fingerprint density at radius 2 is 2.29 bits per heavy atom. The van der Waals surface area contributed by atoms with Gasteiger partial charge in [-0.05, 0) is 44.5 Å². The molecular weight excluding hydrogens is 271 g/mol. The number of nitrogens with one attached hydrogen (secondary N) is 1. The third-order valence-electron chi connectivity index (χ3n) is 3.77. The van der Waals surface area contributed by atoms with Crippen LogP contribution in [0.15, 0.2) is 24.3 Å². The number of hydrogen-bond acceptors (Lipinski definition) is 3. The Bertz CT molecular complexity index is 465. The lowest BCUT2D eigenvalue weighted by Crippen LogP contribution is -2.42. The molecular formula is C16H23FN2O2. The van der Waals surface area contributed by atoms with Crippen molar-refractivity contribution < 1.29 is 13.9 Å². The van der Waals surface area contributed by atoms with Crippen LogP contribution in [0.25, 0.3) is 0 Å². The Labute approximate surface area is 125 Å². The van der Waals surface area contributed by atoms with E-state index < -0.39 is 5.82 Å². The van der Waals surface area contributed by atoms with Gasteiger partial charge in [0.05, 0.1) is 13.0 Å². The second kappa shape index (κ2) is 7.98. The number of likely N-dealkylation sites (tertiary alicyclic amines) is 1. The number of hydrogen-bond donors (Lipinski definition) is 1. The Balaban J connectivity index is 1.75. The molecule has 0 bridgehead atoms. The predicted molar refractivity (Wildman–Crippen MR) is 79.7 cm³/mol. The van der Waals surface area contributed by atoms with Gasteiger partial charge in [-0.15, -0.1) is 0 Å². The van der Waals surface area contributed by atoms with Crippen LogP contribution in [-0.2, 0) is 4.79 Å². The number of benzene rings is 1. The highest BCUT2D eigenvalue weighted by atomic mass is 19.1. The van der Waals surface area contributed by atoms with Gasteiger partial charge in [0.15, 0.2) is 11.6 Å². The molecule has 1 N–H and O–H groups in total. The van der Waals surface area contributed by atoms with E-state index in [1.54, 1.807) is 18.2 Å². The Hall–Kier alpha value is -1.62. The number of nitrogens with zero attached hydrogens (tertiary/aromatic N) is 1. The summed E-state index contributed by atoms with van der Waals surface area (Å²) >= 11 is 0. The zero-order valence-electron chi connectivity index (χ0n) is 12.5. The lowest BCUT2D eigenvalue weighted by atomic mass is 9.98. The van der Waals surface area contributed by atoms with Crippen LogP contribution in [-0.4, -0.2) is 44.1 Å². The van der Waals surface area contributed by atoms with E-state index in [2.05, 4.69) is 5.32 Å². The zero-order chi connectivity index (χ0) is 15.1. The topological polar surface area (TPSA) is 41.6 Å². The van der Waals surface area contributed by atoms with Gasteiger partial charge in [-0.2, -0.15) is 0 Å². The SMILES string of the molecule is CNC[C@H]1CCCN(C(=O)CCOc2ccccc2F)C1. The van der Waals surface area contributed by atoms with Crippen LogP contribution in [0.3, 0.4) is 0 Å². The van der Waals surface area contributed by atoms with Gasteiger partial charge < -0.3 is 15.0 Å². The molecule has 0 saturated carbocycles. The van der Waals surface area contributed by atoms with Crippen LogP contribution in [0, 0.1) is 11.7 Å². The van der Waals surface area contributed by atoms with Gasteiger partial charge >= 0.3 is 0 Å². The quantitative estimate of drug-likeness (QED) is 0.873. The second-order valence-electron chi connectivity index (χ2n) is 5.43. The Kier molecular flexibility index (Phi) is 5.99. The molecule has 1 amide bonds. The first kappa shape index (κ1) is 15.8. The van der Waals surface area contributed by atoms with Gasteiger partial charge in [0, 0.05) is 13.1 Å². The molecule has 0 unspecified atom stereocenters. The molecule has 1 heterocycles. The van der Waals surface area contributed by atoms with Crippen molar-refractivity contribution in [2.75, 3.05) is 33.3 Å². The lowest BCUT2D eigenvalue weighted by Gasteiger charge is -2.32. The summed E-state index contributed by atoms with van der Waals surface area (Å²) in [5, 5.41) is 3.16. The number of rotatable bonds is 6. The highest BCUT2D eigenvalue weighted by molar-refractivity contribution is 5.76. The van der Waals surface area contributed by atoms with Gasteiger partial charge in [0.25, 0.3) is 0 Å². The fourth-order valence-electron chi connectivity index (χ4n) is 2.72. The molecule has 0 aliphatic carbocycles. The number of para-hydroxylation sites is 1. The van der Waals surface area contributed by atoms with E-state index in [0.29, 0.717) is 12.3 Å². The fourth-order valence-corrected chi connectivity index (χ4v) is 2.72. The largest absolute Gasteiger partial charge is 0.490 e. The van der Waals surface area contributed by atoms with Crippen molar-refractivity contribution >= 4 is 5.91 Å². The van der Waals surface area contributed by atoms with Crippen LogP contribution in [0.1, 0.15) is 19.3 Å². The highest BCUT2D eigenvalue weighted by Gasteiger charge is 2.22. The standard InChI is InChI=1S/C16H23FN2O2/c1-18-11-13-5-4-9-19(12-13)16(20)8-10-21-15-7-3-2-6-14(15)17/h2-3,6-7,13,18H,4-5,8-12H2,1H3/t13-/m1/s1. The summed E-state index contributed by atoms with van der Waals surface area (Å²) in [6, 6.07) is 6.25. The van der Waals surface area contributed by atoms with E-state index in [4.69, 9.17) is 4.74 Å². The van der Waals surface area contributed by atoms with Crippen LogP contribution in [0.4, 0.5) is 4.39 Å². The molecule has 4 nitrogen and oxygen atoms in total. The minimum atomic E-state index is -0.392. The molecule has 1 aliphatic heterocycles. The summed E-state index contributed by atoms with van der Waals surface area (Å²) in [5.74, 6) is 0.432. The highest BCUT2D eigenvalue weighted by Crippen LogP contribution is 2.18. The molecule has 0 aromatic heterocycles. The lowest BCUT2D eigenvalue weighted by molar-refractivity contribution is -0.133. The molecule has 1 aromatic rings. The fraction of sp³-hybridized carbons (Fsp3) is 0.562. The number of carbonyl (C=O) groups excluding carboxylic acids is 1. The first-order valence-corrected chi connectivity index (χ1v) is 7.50. The molecule has 21 heavy (non-hydrogen) atoms. The van der Waals surface area contributed by atoms with E-state index in [0.717, 1.165) is 32.5 Å². The van der Waals surface area contributed by atoms with Crippen molar-refractivity contribution in [3.63, 3.8) is 0 Å². The van der Waals surface area contributed by atoms with Crippen molar-refractivity contribution in [3.05, 3.63) is 30.1 Å². The van der Waals surface area contributed by atoms with Crippen molar-refractivity contribution in [2.24, 2.45) is 5.92 Å². The summed E-state index contributed by atoms with van der Waals surface area (Å²) in [7, 11) is 1.93. The van der Waals surface area contributed by atoms with Crippen molar-refractivity contribution in [1.82, 2.24) is 10.2 Å². The Morgan fingerprint density at radius 1 is 1.48 bits per heavy atom. The number of halogens is 1. The van der Waals surface area contributed by atoms with Crippen molar-refractivity contribution in [2.45, 2.75) is 19.3 Å². The molecule has 116 valence electrons. The molecule has 1 atom stereocenters. The maximum atomic E-state index is 13.4. The van der Waals surface area contributed by atoms with E-state index in [9.17, 15) is 9.18 Å². The molecule has 1 aromatic carbocycles. The minimum absolute atomic E-state index is 0.0899. The van der Waals surface area contributed by atoms with Gasteiger partial charge in [-0.25, -0.2) is 4.39 Å². The van der Waals surface area contributed by atoms with Gasteiger partial charge in [-0.1, -0.05) is 12.1 Å². The maximum Gasteiger partial charge on any atom is 0.226 e. The van der Waals surface area contributed by atoms with Gasteiger partial charge in [-0.3, -0.25) is 4.79 Å². The molecule has 1 fully saturated rings. The predicted octanol–water partition coefficient (Wildman–Crippen LogP) is 2.05. The number of ether oxygens (including phenoxy) is 1. The second-order valence-corrected chi connectivity index (χ2v) is 5.43. The molecule has 0 spiro atoms. The number of piperidine rings is 1. The smallest absolute Gasteiger partial charge is 0.226 e. The molecule has 0 radical (unpaired) electrons. The molecule has 5 heteroatoms. The molecule has 1 aliphatic rings. The average molecular weight is 294 g/mol. The summed E-state index contributed by atoms with van der Waals surface area (Å²) in [6.45, 7) is 2.78. The third kappa shape index (κ3) is 4.70. The number of carbonyl (C=O) groups is 1. The van der Waals surface area contributed by atoms with E-state index in [-0.39, 0.29) is 18.3 Å². The summed E-state index contributed by atoms with van der Waals surface area (Å²) in [5.41, 5.74) is 0. The van der Waals surface area contributed by atoms with E-state index in [1.807, 2.05) is 11.9 Å². The number of amides is 1. The van der Waals surface area contributed by atoms with Gasteiger partial charge in [0.2, 0.25) is 5.91 Å². The van der Waals surface area contributed by atoms with Crippen LogP contribution >= 0.6 is 0 Å². The first-order chi connectivity index (χ1) is 10.2. The third-order valence-corrected chi connectivity index (χ3v) is 3.77. The van der Waals surface area contributed by atoms with Crippen LogP contribution in [0.2, 0.25) is 0 Å². The maximum absolute atomic E-state index is 13.4. The summed E-state index contributed by atoms with van der Waals surface area (Å²) in [4.78, 5) is 14.1. The van der Waals surface area contributed by atoms with Crippen LogP contribution < -0.4 is 10.1 Å². The minimum Gasteiger partial charge on any atom is -0.490 e. The van der Waals surface area contributed by atoms with Crippen molar-refractivity contribution in [1.29, 1.82) is 0 Å². The first-order valence-electron chi connectivity index (χ1n) is 7.50. The molecule has 1 saturated heterocycles. The summed E-state index contributed by atoms with van der Waals surface area (Å²) in [6.07, 6.45) is 2.50.